The van der Waals surface area contributed by atoms with Crippen LogP contribution in [0, 0.1) is 6.92 Å². The molecule has 0 atom stereocenters. The second-order valence-electron chi connectivity index (χ2n) is 2.63. The highest BCUT2D eigenvalue weighted by atomic mass is 35.5. The minimum absolute atomic E-state index is 0.213. The number of pyridine rings is 1. The van der Waals surface area contributed by atoms with Crippen molar-refractivity contribution in [3.05, 3.63) is 29.1 Å². The number of carbonyl (C=O) groups excluding carboxylic acids is 1. The summed E-state index contributed by atoms with van der Waals surface area (Å²) in [5.41, 5.74) is 1.91. The fourth-order valence-electron chi connectivity index (χ4n) is 0.991. The summed E-state index contributed by atoms with van der Waals surface area (Å²) in [6.45, 7) is 1.86. The number of halogens is 1. The predicted octanol–water partition coefficient (Wildman–Crippen LogP) is 1.92. The standard InChI is InChI=1S/C9H10ClNO2/c1-6-3-7(9(12)13-2)8(4-10)11-5-6/h3,5H,4H2,1-2H3. The number of nitrogens with zero attached hydrogens (tertiary/aromatic N) is 1. The van der Waals surface area contributed by atoms with Crippen LogP contribution in [-0.2, 0) is 10.6 Å². The zero-order chi connectivity index (χ0) is 9.84. The molecule has 0 radical (unpaired) electrons. The first-order chi connectivity index (χ1) is 6.19. The van der Waals surface area contributed by atoms with Crippen molar-refractivity contribution in [2.24, 2.45) is 0 Å². The van der Waals surface area contributed by atoms with Gasteiger partial charge in [0.15, 0.2) is 0 Å². The van der Waals surface area contributed by atoms with Crippen molar-refractivity contribution in [2.45, 2.75) is 12.8 Å². The Labute approximate surface area is 81.7 Å². The fourth-order valence-corrected chi connectivity index (χ4v) is 1.20. The highest BCUT2D eigenvalue weighted by Gasteiger charge is 2.11. The summed E-state index contributed by atoms with van der Waals surface area (Å²) in [4.78, 5) is 15.3. The second-order valence-corrected chi connectivity index (χ2v) is 2.90. The molecule has 0 amide bonds. The number of methoxy groups -OCH3 is 1. The fraction of sp³-hybridized carbons (Fsp3) is 0.333. The van der Waals surface area contributed by atoms with E-state index in [2.05, 4.69) is 9.72 Å². The first kappa shape index (κ1) is 9.99. The third kappa shape index (κ3) is 2.18. The SMILES string of the molecule is COC(=O)c1cc(C)cnc1CCl. The molecule has 0 unspecified atom stereocenters. The first-order valence-corrected chi connectivity index (χ1v) is 4.32. The van der Waals surface area contributed by atoms with Crippen molar-refractivity contribution >= 4 is 17.6 Å². The van der Waals surface area contributed by atoms with Gasteiger partial charge in [0.2, 0.25) is 0 Å². The number of hydrogen-bond acceptors (Lipinski definition) is 3. The Hall–Kier alpha value is -1.09. The summed E-state index contributed by atoms with van der Waals surface area (Å²) in [7, 11) is 1.34. The molecule has 1 aromatic heterocycles. The Morgan fingerprint density at radius 1 is 1.69 bits per heavy atom. The van der Waals surface area contributed by atoms with E-state index in [1.54, 1.807) is 12.3 Å². The maximum atomic E-state index is 11.2. The van der Waals surface area contributed by atoms with Crippen LogP contribution >= 0.6 is 11.6 Å². The lowest BCUT2D eigenvalue weighted by Crippen LogP contribution is -2.06. The van der Waals surface area contributed by atoms with Crippen LogP contribution in [0.2, 0.25) is 0 Å². The van der Waals surface area contributed by atoms with E-state index in [9.17, 15) is 4.79 Å². The Morgan fingerprint density at radius 2 is 2.38 bits per heavy atom. The molecule has 0 saturated carbocycles. The second kappa shape index (κ2) is 4.23. The third-order valence-corrected chi connectivity index (χ3v) is 1.89. The number of alkyl halides is 1. The van der Waals surface area contributed by atoms with Gasteiger partial charge in [0.1, 0.15) is 0 Å². The number of aryl methyl sites for hydroxylation is 1. The van der Waals surface area contributed by atoms with Crippen LogP contribution in [0.1, 0.15) is 21.6 Å². The van der Waals surface area contributed by atoms with Crippen LogP contribution in [0.5, 0.6) is 0 Å². The molecule has 0 aromatic carbocycles. The first-order valence-electron chi connectivity index (χ1n) is 3.79. The highest BCUT2D eigenvalue weighted by Crippen LogP contribution is 2.11. The van der Waals surface area contributed by atoms with E-state index in [0.29, 0.717) is 11.3 Å². The summed E-state index contributed by atoms with van der Waals surface area (Å²) >= 11 is 5.62. The number of aromatic nitrogens is 1. The van der Waals surface area contributed by atoms with E-state index in [0.717, 1.165) is 5.56 Å². The van der Waals surface area contributed by atoms with E-state index in [-0.39, 0.29) is 5.88 Å². The van der Waals surface area contributed by atoms with Crippen LogP contribution < -0.4 is 0 Å². The van der Waals surface area contributed by atoms with Gasteiger partial charge < -0.3 is 4.74 Å². The topological polar surface area (TPSA) is 39.2 Å². The van der Waals surface area contributed by atoms with Gasteiger partial charge in [-0.25, -0.2) is 4.79 Å². The van der Waals surface area contributed by atoms with Crippen molar-refractivity contribution in [3.63, 3.8) is 0 Å². The molecule has 0 fully saturated rings. The summed E-state index contributed by atoms with van der Waals surface area (Å²) in [5.74, 6) is -0.183. The molecule has 1 rings (SSSR count). The Kier molecular flexibility index (Phi) is 3.25. The molecule has 1 aromatic rings. The maximum Gasteiger partial charge on any atom is 0.339 e. The van der Waals surface area contributed by atoms with Crippen molar-refractivity contribution in [1.82, 2.24) is 4.98 Å². The van der Waals surface area contributed by atoms with Gasteiger partial charge in [-0.05, 0) is 18.6 Å². The average molecular weight is 200 g/mol. The Balaban J connectivity index is 3.15. The lowest BCUT2D eigenvalue weighted by atomic mass is 10.1. The van der Waals surface area contributed by atoms with Gasteiger partial charge in [0.05, 0.1) is 24.2 Å². The highest BCUT2D eigenvalue weighted by molar-refractivity contribution is 6.17. The molecule has 1 heterocycles. The van der Waals surface area contributed by atoms with Crippen LogP contribution in [0.25, 0.3) is 0 Å². The Bertz CT molecular complexity index is 325. The van der Waals surface area contributed by atoms with Gasteiger partial charge in [-0.3, -0.25) is 4.98 Å². The van der Waals surface area contributed by atoms with Gasteiger partial charge >= 0.3 is 5.97 Å². The van der Waals surface area contributed by atoms with Gasteiger partial charge in [-0.15, -0.1) is 11.6 Å². The molecule has 0 spiro atoms. The van der Waals surface area contributed by atoms with Crippen LogP contribution in [0.3, 0.4) is 0 Å². The minimum Gasteiger partial charge on any atom is -0.465 e. The molecule has 0 bridgehead atoms. The Morgan fingerprint density at radius 3 is 2.92 bits per heavy atom. The number of ether oxygens (including phenoxy) is 1. The van der Waals surface area contributed by atoms with Crippen LogP contribution in [-0.4, -0.2) is 18.1 Å². The quantitative estimate of drug-likeness (QED) is 0.540. The van der Waals surface area contributed by atoms with Crippen LogP contribution in [0.4, 0.5) is 0 Å². The molecule has 0 aliphatic rings. The molecular weight excluding hydrogens is 190 g/mol. The van der Waals surface area contributed by atoms with Gasteiger partial charge in [0.25, 0.3) is 0 Å². The summed E-state index contributed by atoms with van der Waals surface area (Å²) < 4.78 is 4.60. The van der Waals surface area contributed by atoms with Gasteiger partial charge in [-0.2, -0.15) is 0 Å². The van der Waals surface area contributed by atoms with E-state index >= 15 is 0 Å². The molecule has 3 nitrogen and oxygen atoms in total. The zero-order valence-electron chi connectivity index (χ0n) is 7.50. The number of carbonyl (C=O) groups is 1. The molecule has 0 saturated heterocycles. The minimum atomic E-state index is -0.396. The molecule has 0 aliphatic carbocycles. The van der Waals surface area contributed by atoms with E-state index in [4.69, 9.17) is 11.6 Å². The number of esters is 1. The van der Waals surface area contributed by atoms with E-state index < -0.39 is 5.97 Å². The molecule has 4 heteroatoms. The largest absolute Gasteiger partial charge is 0.465 e. The summed E-state index contributed by atoms with van der Waals surface area (Å²) in [6.07, 6.45) is 1.67. The lowest BCUT2D eigenvalue weighted by Gasteiger charge is -2.04. The molecule has 70 valence electrons. The zero-order valence-corrected chi connectivity index (χ0v) is 8.26. The summed E-state index contributed by atoms with van der Waals surface area (Å²) in [5, 5.41) is 0. The van der Waals surface area contributed by atoms with Crippen molar-refractivity contribution in [2.75, 3.05) is 7.11 Å². The molecular formula is C9H10ClNO2. The smallest absolute Gasteiger partial charge is 0.339 e. The molecule has 13 heavy (non-hydrogen) atoms. The predicted molar refractivity (Wildman–Crippen MR) is 49.9 cm³/mol. The van der Waals surface area contributed by atoms with E-state index in [1.807, 2.05) is 6.92 Å². The monoisotopic (exact) mass is 199 g/mol. The van der Waals surface area contributed by atoms with Crippen molar-refractivity contribution in [1.29, 1.82) is 0 Å². The molecule has 0 aliphatic heterocycles. The maximum absolute atomic E-state index is 11.2. The number of rotatable bonds is 2. The lowest BCUT2D eigenvalue weighted by molar-refractivity contribution is 0.0599. The van der Waals surface area contributed by atoms with E-state index in [1.165, 1.54) is 7.11 Å². The van der Waals surface area contributed by atoms with Crippen molar-refractivity contribution < 1.29 is 9.53 Å². The average Bonchev–Trinajstić information content (AvgIpc) is 2.16. The van der Waals surface area contributed by atoms with Gasteiger partial charge in [-0.1, -0.05) is 0 Å². The van der Waals surface area contributed by atoms with Crippen molar-refractivity contribution in [3.8, 4) is 0 Å². The van der Waals surface area contributed by atoms with Gasteiger partial charge in [0, 0.05) is 6.20 Å². The number of hydrogen-bond donors (Lipinski definition) is 0. The normalized spacial score (nSPS) is 9.77. The third-order valence-electron chi connectivity index (χ3n) is 1.64. The summed E-state index contributed by atoms with van der Waals surface area (Å²) in [6, 6.07) is 1.72. The molecule has 0 N–H and O–H groups in total. The van der Waals surface area contributed by atoms with Crippen LogP contribution in [0.15, 0.2) is 12.3 Å².